The largest absolute Gasteiger partial charge is 0.504 e. The first-order valence-electron chi connectivity index (χ1n) is 11.1. The van der Waals surface area contributed by atoms with Gasteiger partial charge in [-0.3, -0.25) is 19.2 Å². The average Bonchev–Trinajstić information content (AvgIpc) is 2.88. The normalized spacial score (nSPS) is 10.1. The highest BCUT2D eigenvalue weighted by molar-refractivity contribution is 6.10. The standard InChI is InChI=1S/C21H20O6.2C3H6O2/c1-26-20-11-14(5-9-18(20)24)3-7-16(22)13-17(23)8-4-15-6-10-19(25)21(12-15)27-2;2*1-2-3(4)5/h3-12,24-25H,13H2,1-2H3;2*2H2,1H3,(H,4,5)/b7-3+,8-4+;;. The second-order valence-corrected chi connectivity index (χ2v) is 7.13. The van der Waals surface area contributed by atoms with Gasteiger partial charge in [0.05, 0.1) is 20.6 Å². The number of carboxylic acid groups (broad SMARTS) is 2. The molecule has 200 valence electrons. The molecule has 2 aromatic carbocycles. The Hall–Kier alpha value is -4.60. The molecule has 0 heterocycles. The van der Waals surface area contributed by atoms with E-state index in [1.807, 2.05) is 0 Å². The summed E-state index contributed by atoms with van der Waals surface area (Å²) in [5.41, 5.74) is 1.33. The first kappa shape index (κ1) is 32.4. The molecule has 0 unspecified atom stereocenters. The van der Waals surface area contributed by atoms with Crippen LogP contribution in [0.2, 0.25) is 0 Å². The van der Waals surface area contributed by atoms with E-state index in [9.17, 15) is 29.4 Å². The van der Waals surface area contributed by atoms with E-state index in [2.05, 4.69) is 0 Å². The average molecular weight is 517 g/mol. The summed E-state index contributed by atoms with van der Waals surface area (Å²) in [5, 5.41) is 34.5. The van der Waals surface area contributed by atoms with Crippen LogP contribution in [0.25, 0.3) is 12.2 Å². The molecule has 0 saturated heterocycles. The molecule has 0 aliphatic carbocycles. The number of ether oxygens (including phenoxy) is 2. The molecular formula is C27H32O10. The molecule has 0 radical (unpaired) electrons. The molecule has 0 amide bonds. The van der Waals surface area contributed by atoms with Gasteiger partial charge in [0.15, 0.2) is 34.6 Å². The Morgan fingerprint density at radius 2 is 1.03 bits per heavy atom. The summed E-state index contributed by atoms with van der Waals surface area (Å²) in [7, 11) is 2.87. The van der Waals surface area contributed by atoms with Gasteiger partial charge < -0.3 is 29.9 Å². The molecule has 0 aliphatic heterocycles. The number of methoxy groups -OCH3 is 2. The minimum atomic E-state index is -0.745. The molecule has 4 N–H and O–H groups in total. The summed E-state index contributed by atoms with van der Waals surface area (Å²) >= 11 is 0. The molecule has 0 bridgehead atoms. The Morgan fingerprint density at radius 1 is 0.703 bits per heavy atom. The molecule has 2 aromatic rings. The highest BCUT2D eigenvalue weighted by Gasteiger charge is 2.06. The lowest BCUT2D eigenvalue weighted by Crippen LogP contribution is -2.01. The number of carboxylic acids is 2. The maximum Gasteiger partial charge on any atom is 0.303 e. The quantitative estimate of drug-likeness (QED) is 0.263. The van der Waals surface area contributed by atoms with Crippen LogP contribution in [0.1, 0.15) is 44.2 Å². The molecule has 10 heteroatoms. The predicted octanol–water partition coefficient (Wildman–Crippen LogP) is 4.33. The first-order valence-corrected chi connectivity index (χ1v) is 11.1. The molecule has 2 rings (SSSR count). The van der Waals surface area contributed by atoms with Crippen LogP contribution >= 0.6 is 0 Å². The zero-order valence-electron chi connectivity index (χ0n) is 21.1. The fourth-order valence-corrected chi connectivity index (χ4v) is 2.26. The van der Waals surface area contributed by atoms with Gasteiger partial charge in [0.1, 0.15) is 0 Å². The summed E-state index contributed by atoms with van der Waals surface area (Å²) in [4.78, 5) is 42.6. The van der Waals surface area contributed by atoms with Crippen molar-refractivity contribution in [1.82, 2.24) is 0 Å². The van der Waals surface area contributed by atoms with Crippen LogP contribution in [0.5, 0.6) is 23.0 Å². The highest BCUT2D eigenvalue weighted by Crippen LogP contribution is 2.27. The van der Waals surface area contributed by atoms with Crippen LogP contribution in [-0.4, -0.2) is 58.2 Å². The van der Waals surface area contributed by atoms with E-state index in [4.69, 9.17) is 19.7 Å². The fourth-order valence-electron chi connectivity index (χ4n) is 2.26. The fraction of sp³-hybridized carbons (Fsp3) is 0.259. The number of aromatic hydroxyl groups is 2. The van der Waals surface area contributed by atoms with Crippen molar-refractivity contribution >= 4 is 35.7 Å². The Kier molecular flexibility index (Phi) is 15.6. The molecule has 0 saturated carbocycles. The monoisotopic (exact) mass is 516 g/mol. The Labute approximate surface area is 215 Å². The van der Waals surface area contributed by atoms with Crippen molar-refractivity contribution in [2.75, 3.05) is 14.2 Å². The second kappa shape index (κ2) is 17.8. The van der Waals surface area contributed by atoms with E-state index < -0.39 is 11.9 Å². The lowest BCUT2D eigenvalue weighted by Gasteiger charge is -2.03. The Balaban J connectivity index is 0.00000110. The topological polar surface area (TPSA) is 168 Å². The molecule has 0 aromatic heterocycles. The first-order chi connectivity index (χ1) is 17.5. The van der Waals surface area contributed by atoms with Crippen molar-refractivity contribution in [3.05, 3.63) is 59.7 Å². The van der Waals surface area contributed by atoms with E-state index >= 15 is 0 Å². The van der Waals surface area contributed by atoms with Crippen LogP contribution in [0, 0.1) is 0 Å². The molecule has 0 spiro atoms. The zero-order chi connectivity index (χ0) is 28.4. The lowest BCUT2D eigenvalue weighted by molar-refractivity contribution is -0.137. The van der Waals surface area contributed by atoms with Gasteiger partial charge in [-0.2, -0.15) is 0 Å². The van der Waals surface area contributed by atoms with Crippen LogP contribution in [-0.2, 0) is 19.2 Å². The van der Waals surface area contributed by atoms with Crippen LogP contribution in [0.4, 0.5) is 0 Å². The van der Waals surface area contributed by atoms with Crippen LogP contribution < -0.4 is 9.47 Å². The Bertz CT molecular complexity index is 1030. The molecule has 10 nitrogen and oxygen atoms in total. The number of carbonyl (C=O) groups is 4. The van der Waals surface area contributed by atoms with Crippen molar-refractivity contribution in [3.63, 3.8) is 0 Å². The maximum atomic E-state index is 11.9. The number of allylic oxidation sites excluding steroid dienone is 2. The third-order valence-electron chi connectivity index (χ3n) is 4.28. The number of carbonyl (C=O) groups excluding carboxylic acids is 2. The third-order valence-corrected chi connectivity index (χ3v) is 4.28. The van der Waals surface area contributed by atoms with Gasteiger partial charge in [-0.15, -0.1) is 0 Å². The third kappa shape index (κ3) is 14.4. The predicted molar refractivity (Wildman–Crippen MR) is 138 cm³/mol. The van der Waals surface area contributed by atoms with Gasteiger partial charge in [-0.25, -0.2) is 0 Å². The molecule has 0 fully saturated rings. The molecule has 37 heavy (non-hydrogen) atoms. The van der Waals surface area contributed by atoms with Gasteiger partial charge in [0, 0.05) is 12.8 Å². The van der Waals surface area contributed by atoms with E-state index in [1.54, 1.807) is 50.3 Å². The van der Waals surface area contributed by atoms with Gasteiger partial charge in [0.25, 0.3) is 0 Å². The van der Waals surface area contributed by atoms with Gasteiger partial charge in [-0.05, 0) is 47.5 Å². The van der Waals surface area contributed by atoms with Crippen LogP contribution in [0.3, 0.4) is 0 Å². The van der Waals surface area contributed by atoms with Crippen molar-refractivity contribution < 1.29 is 49.1 Å². The number of phenols is 2. The van der Waals surface area contributed by atoms with Crippen LogP contribution in [0.15, 0.2) is 48.6 Å². The summed E-state index contributed by atoms with van der Waals surface area (Å²) in [6.07, 6.45) is 5.89. The smallest absolute Gasteiger partial charge is 0.303 e. The minimum absolute atomic E-state index is 0.00662. The minimum Gasteiger partial charge on any atom is -0.504 e. The number of hydrogen-bond acceptors (Lipinski definition) is 8. The van der Waals surface area contributed by atoms with Gasteiger partial charge in [-0.1, -0.05) is 38.1 Å². The number of aliphatic carboxylic acids is 2. The SMILES string of the molecule is CCC(=O)O.CCC(=O)O.COc1cc(/C=C/C(=O)CC(=O)/C=C/c2ccc(O)c(OC)c2)ccc1O. The Morgan fingerprint density at radius 3 is 1.30 bits per heavy atom. The molecule has 0 aliphatic rings. The summed E-state index contributed by atoms with van der Waals surface area (Å²) < 4.78 is 10.00. The summed E-state index contributed by atoms with van der Waals surface area (Å²) in [6.45, 7) is 3.20. The van der Waals surface area contributed by atoms with Gasteiger partial charge in [0.2, 0.25) is 0 Å². The number of ketones is 2. The van der Waals surface area contributed by atoms with E-state index in [0.29, 0.717) is 22.6 Å². The number of phenolic OH excluding ortho intramolecular Hbond substituents is 2. The summed E-state index contributed by atoms with van der Waals surface area (Å²) in [6, 6.07) is 9.34. The maximum absolute atomic E-state index is 11.9. The summed E-state index contributed by atoms with van der Waals surface area (Å²) in [5.74, 6) is -1.57. The second-order valence-electron chi connectivity index (χ2n) is 7.13. The van der Waals surface area contributed by atoms with E-state index in [0.717, 1.165) is 0 Å². The number of hydrogen-bond donors (Lipinski definition) is 4. The van der Waals surface area contributed by atoms with E-state index in [-0.39, 0.29) is 42.3 Å². The number of rotatable bonds is 10. The molecular weight excluding hydrogens is 484 g/mol. The zero-order valence-corrected chi connectivity index (χ0v) is 21.1. The molecule has 0 atom stereocenters. The number of benzene rings is 2. The van der Waals surface area contributed by atoms with E-state index in [1.165, 1.54) is 38.5 Å². The van der Waals surface area contributed by atoms with Crippen molar-refractivity contribution in [2.45, 2.75) is 33.1 Å². The van der Waals surface area contributed by atoms with Crippen molar-refractivity contribution in [2.24, 2.45) is 0 Å². The van der Waals surface area contributed by atoms with Gasteiger partial charge >= 0.3 is 11.9 Å². The van der Waals surface area contributed by atoms with Crippen molar-refractivity contribution in [1.29, 1.82) is 0 Å². The van der Waals surface area contributed by atoms with Crippen molar-refractivity contribution in [3.8, 4) is 23.0 Å². The highest BCUT2D eigenvalue weighted by atomic mass is 16.5. The lowest BCUT2D eigenvalue weighted by atomic mass is 10.1.